The molecule has 3 amide bonds. The van der Waals surface area contributed by atoms with E-state index in [0.717, 1.165) is 35.5 Å². The van der Waals surface area contributed by atoms with Crippen LogP contribution in [0.2, 0.25) is 0 Å². The Labute approximate surface area is 243 Å². The van der Waals surface area contributed by atoms with Crippen LogP contribution in [-0.4, -0.2) is 53.5 Å². The molecule has 3 heterocycles. The number of aliphatic imine (C=N–C) groups is 1. The highest BCUT2D eigenvalue weighted by molar-refractivity contribution is 8.15. The summed E-state index contributed by atoms with van der Waals surface area (Å²) in [4.78, 5) is 39.3. The fourth-order valence-electron chi connectivity index (χ4n) is 4.31. The van der Waals surface area contributed by atoms with Crippen LogP contribution in [0, 0.1) is 5.82 Å². The van der Waals surface area contributed by atoms with E-state index in [9.17, 15) is 27.2 Å². The molecule has 0 aliphatic carbocycles. The fourth-order valence-corrected chi connectivity index (χ4v) is 5.17. The molecular formula is C27H18F4N8O3S. The number of hydrogen-bond donors (Lipinski definition) is 1. The molecule has 1 fully saturated rings. The number of amides is 3. The first-order valence-corrected chi connectivity index (χ1v) is 13.4. The van der Waals surface area contributed by atoms with Crippen LogP contribution >= 0.6 is 11.8 Å². The van der Waals surface area contributed by atoms with Gasteiger partial charge in [0.2, 0.25) is 5.91 Å². The van der Waals surface area contributed by atoms with E-state index in [1.54, 1.807) is 23.0 Å². The second-order valence-electron chi connectivity index (χ2n) is 9.09. The number of anilines is 2. The molecule has 0 saturated carbocycles. The first-order chi connectivity index (χ1) is 20.6. The van der Waals surface area contributed by atoms with E-state index in [4.69, 9.17) is 0 Å². The first kappa shape index (κ1) is 27.9. The first-order valence-electron chi connectivity index (χ1n) is 12.4. The number of nitrogens with one attached hydrogen (secondary N) is 1. The smallest absolute Gasteiger partial charge is 0.406 e. The Balaban J connectivity index is 1.17. The van der Waals surface area contributed by atoms with E-state index >= 15 is 0 Å². The lowest BCUT2D eigenvalue weighted by Crippen LogP contribution is -2.30. The van der Waals surface area contributed by atoms with Crippen molar-refractivity contribution in [3.05, 3.63) is 79.1 Å². The molecule has 16 heteroatoms. The molecule has 1 N–H and O–H groups in total. The molecule has 43 heavy (non-hydrogen) atoms. The Morgan fingerprint density at radius 3 is 2.60 bits per heavy atom. The molecule has 0 bridgehead atoms. The predicted molar refractivity (Wildman–Crippen MR) is 151 cm³/mol. The molecule has 1 saturated heterocycles. The Kier molecular flexibility index (Phi) is 7.05. The average molecular weight is 611 g/mol. The van der Waals surface area contributed by atoms with Crippen molar-refractivity contribution in [2.75, 3.05) is 16.0 Å². The summed E-state index contributed by atoms with van der Waals surface area (Å²) in [6.07, 6.45) is -1.88. The van der Waals surface area contributed by atoms with Crippen LogP contribution in [0.3, 0.4) is 0 Å². The zero-order valence-electron chi connectivity index (χ0n) is 21.9. The van der Waals surface area contributed by atoms with Gasteiger partial charge in [0.1, 0.15) is 23.4 Å². The minimum atomic E-state index is -4.81. The summed E-state index contributed by atoms with van der Waals surface area (Å²) in [7, 11) is 1.82. The van der Waals surface area contributed by atoms with Gasteiger partial charge in [-0.2, -0.15) is 4.99 Å². The highest BCUT2D eigenvalue weighted by atomic mass is 32.2. The lowest BCUT2D eigenvalue weighted by Gasteiger charge is -2.16. The molecule has 0 atom stereocenters. The summed E-state index contributed by atoms with van der Waals surface area (Å²) in [5.41, 5.74) is 2.36. The lowest BCUT2D eigenvalue weighted by molar-refractivity contribution is -0.274. The third-order valence-electron chi connectivity index (χ3n) is 6.23. The quantitative estimate of drug-likeness (QED) is 0.260. The highest BCUT2D eigenvalue weighted by Gasteiger charge is 2.33. The van der Waals surface area contributed by atoms with E-state index in [-0.39, 0.29) is 33.9 Å². The number of nitrogens with zero attached hydrogens (tertiary/aromatic N) is 7. The van der Waals surface area contributed by atoms with Crippen LogP contribution < -0.4 is 15.0 Å². The van der Waals surface area contributed by atoms with Crippen LogP contribution in [-0.2, 0) is 11.8 Å². The Bertz CT molecular complexity index is 1900. The number of ether oxygens (including phenoxy) is 1. The number of carbonyl (C=O) groups is 2. The Morgan fingerprint density at radius 1 is 1.07 bits per heavy atom. The number of thioether (sulfide) groups is 1. The van der Waals surface area contributed by atoms with Crippen molar-refractivity contribution in [2.45, 2.75) is 6.36 Å². The number of para-hydroxylation sites is 1. The van der Waals surface area contributed by atoms with Crippen LogP contribution in [0.1, 0.15) is 0 Å². The number of hydrogen-bond acceptors (Lipinski definition) is 7. The summed E-state index contributed by atoms with van der Waals surface area (Å²) in [5.74, 6) is -1.25. The van der Waals surface area contributed by atoms with Gasteiger partial charge >= 0.3 is 12.4 Å². The predicted octanol–water partition coefficient (Wildman–Crippen LogP) is 5.53. The zero-order valence-corrected chi connectivity index (χ0v) is 22.7. The maximum absolute atomic E-state index is 15.0. The summed E-state index contributed by atoms with van der Waals surface area (Å²) in [6, 6.07) is 13.3. The molecule has 218 valence electrons. The monoisotopic (exact) mass is 610 g/mol. The van der Waals surface area contributed by atoms with Gasteiger partial charge in [0.05, 0.1) is 34.7 Å². The largest absolute Gasteiger partial charge is 0.573 e. The fraction of sp³-hybridized carbons (Fsp3) is 0.111. The SMILES string of the molecule is Cn1cnc2c(N3C(=O)CS/C3=N\C(=O)Nc3ccc(-c4ncn(-c5ccc(OC(F)(F)F)cc5)n4)cc3F)cccc21. The van der Waals surface area contributed by atoms with Gasteiger partial charge in [-0.05, 0) is 54.6 Å². The Morgan fingerprint density at radius 2 is 1.86 bits per heavy atom. The number of aryl methyl sites for hydroxylation is 1. The number of fused-ring (bicyclic) bond motifs is 1. The summed E-state index contributed by atoms with van der Waals surface area (Å²) in [6.45, 7) is 0. The zero-order chi connectivity index (χ0) is 30.3. The van der Waals surface area contributed by atoms with E-state index in [1.165, 1.54) is 40.2 Å². The van der Waals surface area contributed by atoms with Gasteiger partial charge in [-0.25, -0.2) is 23.8 Å². The molecule has 1 aliphatic heterocycles. The molecule has 6 rings (SSSR count). The summed E-state index contributed by atoms with van der Waals surface area (Å²) >= 11 is 1.08. The van der Waals surface area contributed by atoms with Gasteiger partial charge < -0.3 is 14.6 Å². The number of urea groups is 1. The van der Waals surface area contributed by atoms with Crippen LogP contribution in [0.15, 0.2) is 78.3 Å². The maximum Gasteiger partial charge on any atom is 0.573 e. The van der Waals surface area contributed by atoms with Gasteiger partial charge in [0.15, 0.2) is 11.0 Å². The van der Waals surface area contributed by atoms with Crippen molar-refractivity contribution in [1.82, 2.24) is 24.3 Å². The lowest BCUT2D eigenvalue weighted by atomic mass is 10.2. The van der Waals surface area contributed by atoms with E-state index < -0.39 is 24.0 Å². The number of carbonyl (C=O) groups excluding carboxylic acids is 2. The van der Waals surface area contributed by atoms with Crippen LogP contribution in [0.4, 0.5) is 33.7 Å². The van der Waals surface area contributed by atoms with Crippen molar-refractivity contribution < 1.29 is 31.9 Å². The molecule has 3 aromatic carbocycles. The van der Waals surface area contributed by atoms with E-state index in [1.807, 2.05) is 13.1 Å². The minimum absolute atomic E-state index is 0.0729. The third-order valence-corrected chi connectivity index (χ3v) is 7.16. The summed E-state index contributed by atoms with van der Waals surface area (Å²) < 4.78 is 59.1. The van der Waals surface area contributed by atoms with E-state index in [2.05, 4.69) is 30.1 Å². The van der Waals surface area contributed by atoms with Gasteiger partial charge in [-0.3, -0.25) is 9.69 Å². The number of aromatic nitrogens is 5. The number of halogens is 4. The number of alkyl halides is 3. The number of imidazole rings is 1. The standard InChI is InChI=1S/C27H18F4N8O3S/c1-37-13-32-23-20(37)3-2-4-21(23)39-22(40)12-43-26(39)35-25(41)34-19-10-5-15(11-18(19)28)24-33-14-38(36-24)16-6-8-17(9-7-16)42-27(29,30)31/h2-11,13-14H,12H2,1H3,(H,34,41)/b35-26-. The van der Waals surface area contributed by atoms with Crippen LogP contribution in [0.25, 0.3) is 28.1 Å². The topological polar surface area (TPSA) is 120 Å². The van der Waals surface area contributed by atoms with Crippen molar-refractivity contribution >= 4 is 51.3 Å². The van der Waals surface area contributed by atoms with Crippen molar-refractivity contribution in [3.8, 4) is 22.8 Å². The van der Waals surface area contributed by atoms with Gasteiger partial charge in [-0.15, -0.1) is 18.3 Å². The van der Waals surface area contributed by atoms with E-state index in [0.29, 0.717) is 16.9 Å². The molecule has 5 aromatic rings. The second-order valence-corrected chi connectivity index (χ2v) is 10.0. The second kappa shape index (κ2) is 10.9. The van der Waals surface area contributed by atoms with Gasteiger partial charge in [0, 0.05) is 12.6 Å². The van der Waals surface area contributed by atoms with Crippen molar-refractivity contribution in [1.29, 1.82) is 0 Å². The molecule has 0 spiro atoms. The van der Waals surface area contributed by atoms with Gasteiger partial charge in [0.25, 0.3) is 0 Å². The number of benzene rings is 3. The Hall–Kier alpha value is -5.25. The third kappa shape index (κ3) is 5.76. The minimum Gasteiger partial charge on any atom is -0.406 e. The van der Waals surface area contributed by atoms with Crippen LogP contribution in [0.5, 0.6) is 5.75 Å². The molecular weight excluding hydrogens is 592 g/mol. The average Bonchev–Trinajstić information content (AvgIpc) is 3.69. The maximum atomic E-state index is 15.0. The highest BCUT2D eigenvalue weighted by Crippen LogP contribution is 2.32. The number of amidine groups is 1. The molecule has 1 aliphatic rings. The summed E-state index contributed by atoms with van der Waals surface area (Å²) in [5, 5.41) is 6.76. The van der Waals surface area contributed by atoms with Crippen molar-refractivity contribution in [3.63, 3.8) is 0 Å². The molecule has 0 radical (unpaired) electrons. The molecule has 0 unspecified atom stereocenters. The van der Waals surface area contributed by atoms with Gasteiger partial charge in [-0.1, -0.05) is 17.8 Å². The number of rotatable bonds is 5. The normalized spacial score (nSPS) is 14.6. The molecule has 2 aromatic heterocycles. The molecule has 11 nitrogen and oxygen atoms in total. The van der Waals surface area contributed by atoms with Crippen molar-refractivity contribution in [2.24, 2.45) is 12.0 Å².